The van der Waals surface area contributed by atoms with Crippen LogP contribution in [0, 0.1) is 11.3 Å². The Morgan fingerprint density at radius 1 is 1.44 bits per heavy atom. The van der Waals surface area contributed by atoms with Gasteiger partial charge >= 0.3 is 0 Å². The lowest BCUT2D eigenvalue weighted by Gasteiger charge is -2.39. The number of thiophene rings is 1. The van der Waals surface area contributed by atoms with Crippen LogP contribution in [0.4, 0.5) is 0 Å². The van der Waals surface area contributed by atoms with Crippen LogP contribution in [0.5, 0.6) is 0 Å². The van der Waals surface area contributed by atoms with Gasteiger partial charge in [-0.2, -0.15) is 0 Å². The van der Waals surface area contributed by atoms with Gasteiger partial charge in [0.25, 0.3) is 0 Å². The molecule has 1 aromatic heterocycles. The normalized spacial score (nSPS) is 28.5. The molecule has 102 valence electrons. The van der Waals surface area contributed by atoms with Gasteiger partial charge in [0.2, 0.25) is 0 Å². The fourth-order valence-corrected chi connectivity index (χ4v) is 4.88. The molecule has 1 fully saturated rings. The van der Waals surface area contributed by atoms with Crippen molar-refractivity contribution in [3.63, 3.8) is 0 Å². The molecule has 2 rings (SSSR count). The second kappa shape index (κ2) is 6.53. The van der Waals surface area contributed by atoms with E-state index in [4.69, 9.17) is 5.73 Å². The molecule has 0 radical (unpaired) electrons. The van der Waals surface area contributed by atoms with Crippen LogP contribution >= 0.6 is 27.3 Å². The van der Waals surface area contributed by atoms with Crippen LogP contribution in [0.2, 0.25) is 0 Å². The predicted octanol–water partition coefficient (Wildman–Crippen LogP) is 4.99. The van der Waals surface area contributed by atoms with E-state index < -0.39 is 0 Å². The maximum atomic E-state index is 6.11. The van der Waals surface area contributed by atoms with Crippen molar-refractivity contribution >= 4 is 27.3 Å². The molecule has 18 heavy (non-hydrogen) atoms. The number of rotatable bonds is 5. The molecule has 0 spiro atoms. The first-order chi connectivity index (χ1) is 8.67. The maximum absolute atomic E-state index is 6.11. The zero-order chi connectivity index (χ0) is 13.0. The van der Waals surface area contributed by atoms with Gasteiger partial charge in [-0.15, -0.1) is 11.3 Å². The minimum Gasteiger partial charge on any atom is -0.330 e. The van der Waals surface area contributed by atoms with Gasteiger partial charge in [-0.3, -0.25) is 0 Å². The molecule has 0 atom stereocenters. The SMILES string of the molecule is CCCC1CCC(CN)(Cc2cc(Br)cs2)CC1. The van der Waals surface area contributed by atoms with Crippen molar-refractivity contribution in [1.29, 1.82) is 0 Å². The fourth-order valence-electron chi connectivity index (χ4n) is 3.26. The molecule has 2 N–H and O–H groups in total. The summed E-state index contributed by atoms with van der Waals surface area (Å²) in [6.07, 6.45) is 9.34. The Balaban J connectivity index is 1.96. The first-order valence-corrected chi connectivity index (χ1v) is 8.78. The van der Waals surface area contributed by atoms with Crippen LogP contribution < -0.4 is 5.73 Å². The summed E-state index contributed by atoms with van der Waals surface area (Å²) in [6, 6.07) is 2.26. The molecule has 1 saturated carbocycles. The molecule has 0 aromatic carbocycles. The van der Waals surface area contributed by atoms with Crippen molar-refractivity contribution in [1.82, 2.24) is 0 Å². The van der Waals surface area contributed by atoms with Crippen molar-refractivity contribution in [3.8, 4) is 0 Å². The average molecular weight is 330 g/mol. The van der Waals surface area contributed by atoms with E-state index in [9.17, 15) is 0 Å². The third-order valence-electron chi connectivity index (χ3n) is 4.47. The number of hydrogen-bond donors (Lipinski definition) is 1. The van der Waals surface area contributed by atoms with Gasteiger partial charge < -0.3 is 5.73 Å². The van der Waals surface area contributed by atoms with E-state index in [1.165, 1.54) is 54.3 Å². The standard InChI is InChI=1S/C15H24BrNS/c1-2-3-12-4-6-15(11-17,7-5-12)9-14-8-13(16)10-18-14/h8,10,12H,2-7,9,11,17H2,1H3. The molecular formula is C15H24BrNS. The van der Waals surface area contributed by atoms with Gasteiger partial charge in [0.05, 0.1) is 0 Å². The second-order valence-electron chi connectivity index (χ2n) is 5.84. The molecule has 1 aliphatic rings. The maximum Gasteiger partial charge on any atom is 0.0285 e. The summed E-state index contributed by atoms with van der Waals surface area (Å²) in [5, 5.41) is 2.18. The Bertz CT molecular complexity index is 366. The Kier molecular flexibility index (Phi) is 5.28. The molecule has 0 amide bonds. The minimum atomic E-state index is 0.383. The first kappa shape index (κ1) is 14.5. The second-order valence-corrected chi connectivity index (χ2v) is 7.76. The first-order valence-electron chi connectivity index (χ1n) is 7.10. The van der Waals surface area contributed by atoms with Gasteiger partial charge in [-0.25, -0.2) is 0 Å². The highest BCUT2D eigenvalue weighted by molar-refractivity contribution is 9.10. The summed E-state index contributed by atoms with van der Waals surface area (Å²) >= 11 is 5.41. The Morgan fingerprint density at radius 2 is 2.17 bits per heavy atom. The van der Waals surface area contributed by atoms with Gasteiger partial charge in [-0.1, -0.05) is 19.8 Å². The highest BCUT2D eigenvalue weighted by Crippen LogP contribution is 2.43. The average Bonchev–Trinajstić information content (AvgIpc) is 2.78. The molecule has 0 saturated heterocycles. The van der Waals surface area contributed by atoms with Crippen LogP contribution in [0.15, 0.2) is 15.9 Å². The third kappa shape index (κ3) is 3.58. The Hall–Kier alpha value is 0.140. The lowest BCUT2D eigenvalue weighted by atomic mass is 9.67. The van der Waals surface area contributed by atoms with Crippen molar-refractivity contribution in [2.24, 2.45) is 17.1 Å². The lowest BCUT2D eigenvalue weighted by molar-refractivity contribution is 0.152. The van der Waals surface area contributed by atoms with Crippen molar-refractivity contribution < 1.29 is 0 Å². The van der Waals surface area contributed by atoms with Gasteiger partial charge in [0, 0.05) is 14.7 Å². The van der Waals surface area contributed by atoms with Gasteiger partial charge in [0.1, 0.15) is 0 Å². The van der Waals surface area contributed by atoms with Crippen LogP contribution in [-0.2, 0) is 6.42 Å². The fraction of sp³-hybridized carbons (Fsp3) is 0.733. The quantitative estimate of drug-likeness (QED) is 0.809. The molecule has 1 aromatic rings. The molecule has 0 unspecified atom stereocenters. The number of hydrogen-bond acceptors (Lipinski definition) is 2. The summed E-state index contributed by atoms with van der Waals surface area (Å²) in [5.74, 6) is 0.963. The Labute approximate surface area is 123 Å². The zero-order valence-corrected chi connectivity index (χ0v) is 13.7. The largest absolute Gasteiger partial charge is 0.330 e. The molecular weight excluding hydrogens is 306 g/mol. The summed E-state index contributed by atoms with van der Waals surface area (Å²) in [6.45, 7) is 3.15. The Morgan fingerprint density at radius 3 is 2.67 bits per heavy atom. The topological polar surface area (TPSA) is 26.0 Å². The predicted molar refractivity (Wildman–Crippen MR) is 84.1 cm³/mol. The van der Waals surface area contributed by atoms with E-state index >= 15 is 0 Å². The molecule has 3 heteroatoms. The van der Waals surface area contributed by atoms with E-state index in [1.54, 1.807) is 0 Å². The molecule has 0 aliphatic heterocycles. The summed E-state index contributed by atoms with van der Waals surface area (Å²) < 4.78 is 1.22. The van der Waals surface area contributed by atoms with Gasteiger partial charge in [0.15, 0.2) is 0 Å². The van der Waals surface area contributed by atoms with Crippen molar-refractivity contribution in [2.45, 2.75) is 51.9 Å². The number of nitrogens with two attached hydrogens (primary N) is 1. The summed E-state index contributed by atoms with van der Waals surface area (Å²) in [5.41, 5.74) is 6.49. The monoisotopic (exact) mass is 329 g/mol. The summed E-state index contributed by atoms with van der Waals surface area (Å²) in [4.78, 5) is 1.49. The van der Waals surface area contributed by atoms with E-state index in [-0.39, 0.29) is 0 Å². The van der Waals surface area contributed by atoms with Crippen LogP contribution in [0.1, 0.15) is 50.3 Å². The summed E-state index contributed by atoms with van der Waals surface area (Å²) in [7, 11) is 0. The van der Waals surface area contributed by atoms with E-state index in [2.05, 4.69) is 34.3 Å². The minimum absolute atomic E-state index is 0.383. The lowest BCUT2D eigenvalue weighted by Crippen LogP contribution is -2.36. The van der Waals surface area contributed by atoms with Crippen molar-refractivity contribution in [2.75, 3.05) is 6.54 Å². The smallest absolute Gasteiger partial charge is 0.0285 e. The van der Waals surface area contributed by atoms with Crippen molar-refractivity contribution in [3.05, 3.63) is 20.8 Å². The molecule has 0 bridgehead atoms. The molecule has 1 nitrogen and oxygen atoms in total. The third-order valence-corrected chi connectivity index (χ3v) is 6.16. The van der Waals surface area contributed by atoms with Crippen LogP contribution in [0.3, 0.4) is 0 Å². The van der Waals surface area contributed by atoms with Crippen LogP contribution in [0.25, 0.3) is 0 Å². The highest BCUT2D eigenvalue weighted by Gasteiger charge is 2.34. The van der Waals surface area contributed by atoms with Crippen LogP contribution in [-0.4, -0.2) is 6.54 Å². The highest BCUT2D eigenvalue weighted by atomic mass is 79.9. The van der Waals surface area contributed by atoms with E-state index in [0.29, 0.717) is 5.41 Å². The van der Waals surface area contributed by atoms with E-state index in [0.717, 1.165) is 12.5 Å². The van der Waals surface area contributed by atoms with Gasteiger partial charge in [-0.05, 0) is 72.0 Å². The molecule has 1 aliphatic carbocycles. The zero-order valence-electron chi connectivity index (χ0n) is 11.3. The molecule has 1 heterocycles. The van der Waals surface area contributed by atoms with E-state index in [1.807, 2.05) is 11.3 Å². The number of halogens is 1.